The number of thiophene rings is 8. The van der Waals surface area contributed by atoms with Crippen LogP contribution in [0.1, 0.15) is 202 Å². The number of alkyl halides is 1. The molecule has 15 heteroatoms. The Bertz CT molecular complexity index is 3370. The zero-order valence-electron chi connectivity index (χ0n) is 64.0. The molecule has 0 radical (unpaired) electrons. The van der Waals surface area contributed by atoms with Gasteiger partial charge in [-0.25, -0.2) is 0 Å². The van der Waals surface area contributed by atoms with Crippen LogP contribution in [0.15, 0.2) is 48.5 Å². The molecule has 0 saturated carbocycles. The predicted octanol–water partition coefficient (Wildman–Crippen LogP) is 28.9. The van der Waals surface area contributed by atoms with Crippen LogP contribution in [0.25, 0.3) is 48.8 Å². The predicted molar refractivity (Wildman–Crippen MR) is 454 cm³/mol. The maximum Gasteiger partial charge on any atom is 0.260 e. The van der Waals surface area contributed by atoms with E-state index < -0.39 is 19.4 Å². The molecule has 8 rings (SSSR count). The molecule has 0 unspecified atom stereocenters. The molecule has 502 valence electrons. The summed E-state index contributed by atoms with van der Waals surface area (Å²) in [5, 5.41) is 1.15. The van der Waals surface area contributed by atoms with Gasteiger partial charge in [0.1, 0.15) is 0 Å². The zero-order chi connectivity index (χ0) is 71.3. The molecular weight excluding hydrogens is 1430 g/mol. The van der Waals surface area contributed by atoms with E-state index in [1.54, 1.807) is 32.7 Å². The van der Waals surface area contributed by atoms with Crippen LogP contribution in [0.4, 0.5) is 0 Å². The van der Waals surface area contributed by atoms with Gasteiger partial charge in [-0.3, -0.25) is 0 Å². The number of aryl methyl sites for hydroxylation is 14. The van der Waals surface area contributed by atoms with Crippen molar-refractivity contribution in [2.45, 2.75) is 223 Å². The Kier molecular flexibility index (Phi) is 37.1. The standard InChI is InChI=1S/C39H50S7.C23H35BrS3.C13H22S2.2H3P/c1-25-20-32(43-29(25)5)36-26(2)21-33(44-36)37-27(3)22-34(45-37)39-31(17-13-9-11-15-19-41-7)24-35(46-39)38-30(23-28(4)42-38)16-12-8-10-14-18-40-6;1-18-16-21(13-9-5-7-11-15-25-3)23(26-18)22-17-20(19(2)27-22)12-8-4-6-10-14-24;1-11-10-13(12(2)15-11)8-6-4-5-7-9-14-3;;/h20-24H,8-19H2,1-7H3;16-17H,4-15H2,1-3H3;10H,4-9H2,1-3H3;2*1H3/p+1/i;;;2*1T3/hT. The van der Waals surface area contributed by atoms with Gasteiger partial charge in [0.25, 0.3) is 5.11 Å². The fourth-order valence-corrected chi connectivity index (χ4v) is 23.3. The molecule has 0 bridgehead atoms. The lowest BCUT2D eigenvalue weighted by molar-refractivity contribution is 0.670. The van der Waals surface area contributed by atoms with Gasteiger partial charge in [0.05, 0.1) is 3.84 Å². The van der Waals surface area contributed by atoms with E-state index in [-0.39, 0.29) is 0 Å². The molecular formula is C75H114BrP2S12+. The van der Waals surface area contributed by atoms with Gasteiger partial charge >= 0.3 is 0 Å². The monoisotopic (exact) mass is 1550 g/mol. The maximum atomic E-state index is 6.05. The minimum Gasteiger partial charge on any atom is -0.165 e. The molecule has 0 fully saturated rings. The summed E-state index contributed by atoms with van der Waals surface area (Å²) in [6.07, 6.45) is 42.1. The van der Waals surface area contributed by atoms with E-state index in [4.69, 9.17) is 8.95 Å². The minimum absolute atomic E-state index is 1.15. The third-order valence-corrected chi connectivity index (χ3v) is 29.8. The lowest BCUT2D eigenvalue weighted by Crippen LogP contribution is -1.88. The van der Waals surface area contributed by atoms with Crippen LogP contribution in [0.2, 0.25) is 0 Å². The Morgan fingerprint density at radius 1 is 0.333 bits per heavy atom. The Labute approximate surface area is 622 Å². The summed E-state index contributed by atoms with van der Waals surface area (Å²) in [5.41, 5.74) is 12.1. The largest absolute Gasteiger partial charge is 0.260 e. The van der Waals surface area contributed by atoms with Crippen molar-refractivity contribution >= 4 is 173 Å². The van der Waals surface area contributed by atoms with Crippen LogP contribution in [-0.2, 0) is 32.1 Å². The van der Waals surface area contributed by atoms with E-state index in [2.05, 4.69) is 163 Å². The van der Waals surface area contributed by atoms with Crippen LogP contribution >= 0.6 is 173 Å². The lowest BCUT2D eigenvalue weighted by atomic mass is 10.0. The van der Waals surface area contributed by atoms with Crippen molar-refractivity contribution in [1.82, 2.24) is 0 Å². The van der Waals surface area contributed by atoms with Crippen molar-refractivity contribution in [1.29, 1.82) is 8.95 Å². The van der Waals surface area contributed by atoms with Crippen molar-refractivity contribution in [3.63, 3.8) is 0 Å². The first-order valence-corrected chi connectivity index (χ1v) is 46.2. The molecule has 0 nitrogen and oxygen atoms in total. The van der Waals surface area contributed by atoms with E-state index in [0.29, 0.717) is 0 Å². The molecule has 0 aliphatic carbocycles. The summed E-state index contributed by atoms with van der Waals surface area (Å²) in [6.45, 7) is 20.4. The second kappa shape index (κ2) is 46.6. The SMILES string of the molecule is CSCCCCCCc1cc(C)sc1-c1cc(CCCCCCBr)c(C)s1.CSCCCCCCc1cc(C)sc1-c1cc(CCCCCCSC)c(-c2cc(C)c(-c3cc(C)c(-c4cc(C)c(C)s4)s3)s2)s1.CSCCCCCCc1cc(C)sc1C.[3H]P([3H])[3H].[3H][P+]([3H])([3H])[3H]. The van der Waals surface area contributed by atoms with Gasteiger partial charge in [0.15, 0.2) is 0 Å². The van der Waals surface area contributed by atoms with Crippen LogP contribution in [0, 0.1) is 62.3 Å². The number of hydrogen-bond donors (Lipinski definition) is 0. The molecule has 0 atom stereocenters. The van der Waals surface area contributed by atoms with Crippen LogP contribution in [0.5, 0.6) is 0 Å². The molecule has 8 heterocycles. The summed E-state index contributed by atoms with van der Waals surface area (Å²) < 4.78 is 42.1. The molecule has 0 spiro atoms. The van der Waals surface area contributed by atoms with Gasteiger partial charge < -0.3 is 0 Å². The molecule has 0 amide bonds. The average molecular weight is 1560 g/mol. The van der Waals surface area contributed by atoms with E-state index >= 15 is 0 Å². The first-order chi connectivity index (χ1) is 46.4. The van der Waals surface area contributed by atoms with Gasteiger partial charge in [-0.2, -0.15) is 56.8 Å². The van der Waals surface area contributed by atoms with Gasteiger partial charge in [0.2, 0.25) is 0 Å². The fourth-order valence-electron chi connectivity index (χ4n) is 11.5. The first kappa shape index (κ1) is 71.6. The zero-order valence-corrected chi connectivity index (χ0v) is 70.2. The quantitative estimate of drug-likeness (QED) is 0.0214. The molecule has 0 saturated heterocycles. The van der Waals surface area contributed by atoms with E-state index in [1.165, 1.54) is 273 Å². The van der Waals surface area contributed by atoms with Crippen molar-refractivity contribution in [2.24, 2.45) is 0 Å². The Morgan fingerprint density at radius 2 is 0.611 bits per heavy atom. The molecule has 8 aromatic rings. The highest BCUT2D eigenvalue weighted by Gasteiger charge is 2.22. The summed E-state index contributed by atoms with van der Waals surface area (Å²) in [6, 6.07) is 19.7. The average Bonchev–Trinajstić information content (AvgIpc) is 1.63. The summed E-state index contributed by atoms with van der Waals surface area (Å²) >= 11 is 27.4. The molecule has 0 aromatic carbocycles. The third kappa shape index (κ3) is 27.9. The van der Waals surface area contributed by atoms with E-state index in [1.807, 2.05) is 126 Å². The highest BCUT2D eigenvalue weighted by Crippen LogP contribution is 2.50. The second-order valence-corrected chi connectivity index (χ2v) is 38.5. The number of hydrogen-bond acceptors (Lipinski definition) is 12. The van der Waals surface area contributed by atoms with E-state index in [0.717, 1.165) is 5.33 Å². The second-order valence-electron chi connectivity index (χ2n) is 24.1. The van der Waals surface area contributed by atoms with Crippen molar-refractivity contribution in [2.75, 3.05) is 53.4 Å². The summed E-state index contributed by atoms with van der Waals surface area (Å²) in [5.74, 6) is 5.23. The van der Waals surface area contributed by atoms with E-state index in [9.17, 15) is 0 Å². The normalized spacial score (nSPS) is 12.4. The van der Waals surface area contributed by atoms with Crippen molar-refractivity contribution in [3.8, 4) is 48.8 Å². The summed E-state index contributed by atoms with van der Waals surface area (Å²) in [4.78, 5) is 23.7. The minimum atomic E-state index is -3.39. The number of unbranched alkanes of at least 4 members (excludes halogenated alkanes) is 15. The third-order valence-electron chi connectivity index (χ3n) is 16.5. The van der Waals surface area contributed by atoms with Crippen LogP contribution in [0.3, 0.4) is 0 Å². The Hall–Kier alpha value is 0.340. The maximum absolute atomic E-state index is 6.05. The molecule has 0 N–H and O–H groups in total. The number of rotatable bonds is 39. The number of thioether (sulfide) groups is 4. The van der Waals surface area contributed by atoms with Crippen LogP contribution in [-0.4, -0.2) is 62.3 Å². The molecule has 8 aromatic heterocycles. The number of halogens is 1. The Morgan fingerprint density at radius 3 is 1.01 bits per heavy atom. The summed E-state index contributed by atoms with van der Waals surface area (Å²) in [7, 11) is -5.26. The highest BCUT2D eigenvalue weighted by molar-refractivity contribution is 9.09. The van der Waals surface area contributed by atoms with Gasteiger partial charge in [-0.1, -0.05) is 80.1 Å². The lowest BCUT2D eigenvalue weighted by Gasteiger charge is -2.03. The fraction of sp³-hybridized carbons (Fsp3) is 0.573. The molecule has 0 aliphatic heterocycles. The van der Waals surface area contributed by atoms with Crippen molar-refractivity contribution < 1.29 is 0 Å². The topological polar surface area (TPSA) is 0 Å². The molecule has 90 heavy (non-hydrogen) atoms. The highest BCUT2D eigenvalue weighted by atomic mass is 79.9. The molecule has 0 aliphatic rings. The van der Waals surface area contributed by atoms with Crippen LogP contribution < -0.4 is 0 Å². The van der Waals surface area contributed by atoms with Gasteiger partial charge in [0, 0.05) is 83.4 Å². The van der Waals surface area contributed by atoms with Gasteiger partial charge in [-0.15, -0.1) is 90.7 Å². The first-order valence-electron chi connectivity index (χ1n) is 36.1. The smallest absolute Gasteiger partial charge is 0.165 e. The van der Waals surface area contributed by atoms with Gasteiger partial charge in [-0.05, 0) is 309 Å². The Balaban J connectivity index is 0.000000328. The van der Waals surface area contributed by atoms with Crippen molar-refractivity contribution in [3.05, 3.63) is 122 Å².